The van der Waals surface area contributed by atoms with Gasteiger partial charge in [-0.2, -0.15) is 0 Å². The molecular formula is C20H29N7O6. The van der Waals surface area contributed by atoms with Gasteiger partial charge in [0.15, 0.2) is 5.96 Å². The third-order valence-electron chi connectivity index (χ3n) is 5.16. The van der Waals surface area contributed by atoms with E-state index in [4.69, 9.17) is 22.0 Å². The molecule has 1 aromatic heterocycles. The number of carboxylic acid groups (broad SMARTS) is 2. The standard InChI is InChI=1S/C20H29N7O6/c1-10-13(18(30)31)7-12(25-10)8-15(19(32)33)26-16(28)2-4-24-17(29)14(21)6-11-3-5-27(9-11)20(22)23/h3,7,14-15,25H,2,4-6,8-9,21H2,1H3,(H3,22,23)(H,24,29)(H,26,28)(H,30,31)(H,32,33). The number of guanidine groups is 1. The number of nitrogens with two attached hydrogens (primary N) is 2. The summed E-state index contributed by atoms with van der Waals surface area (Å²) in [5.74, 6) is -3.52. The van der Waals surface area contributed by atoms with Gasteiger partial charge >= 0.3 is 11.9 Å². The number of carbonyl (C=O) groups is 4. The molecule has 2 heterocycles. The van der Waals surface area contributed by atoms with E-state index in [1.165, 1.54) is 6.07 Å². The van der Waals surface area contributed by atoms with Gasteiger partial charge in [-0.05, 0) is 19.4 Å². The van der Waals surface area contributed by atoms with Crippen molar-refractivity contribution in [2.24, 2.45) is 11.5 Å². The average molecular weight is 463 g/mol. The summed E-state index contributed by atoms with van der Waals surface area (Å²) >= 11 is 0. The van der Waals surface area contributed by atoms with Crippen LogP contribution in [0.25, 0.3) is 0 Å². The lowest BCUT2D eigenvalue weighted by atomic mass is 10.1. The third kappa shape index (κ3) is 7.35. The van der Waals surface area contributed by atoms with Crippen molar-refractivity contribution in [3.05, 3.63) is 34.7 Å². The lowest BCUT2D eigenvalue weighted by Crippen LogP contribution is -2.45. The second kappa shape index (κ2) is 11.1. The van der Waals surface area contributed by atoms with E-state index in [-0.39, 0.29) is 37.3 Å². The summed E-state index contributed by atoms with van der Waals surface area (Å²) in [6.45, 7) is 2.44. The summed E-state index contributed by atoms with van der Waals surface area (Å²) in [5, 5.41) is 30.8. The number of H-pyrrole nitrogens is 1. The molecule has 2 atom stereocenters. The van der Waals surface area contributed by atoms with Crippen molar-refractivity contribution in [3.63, 3.8) is 0 Å². The van der Waals surface area contributed by atoms with Crippen LogP contribution in [0, 0.1) is 12.3 Å². The zero-order chi connectivity index (χ0) is 24.7. The number of rotatable bonds is 11. The first-order valence-corrected chi connectivity index (χ1v) is 10.2. The maximum absolute atomic E-state index is 12.2. The number of aromatic amines is 1. The molecule has 0 bridgehead atoms. The van der Waals surface area contributed by atoms with Crippen LogP contribution >= 0.6 is 0 Å². The third-order valence-corrected chi connectivity index (χ3v) is 5.16. The van der Waals surface area contributed by atoms with Crippen molar-refractivity contribution in [3.8, 4) is 0 Å². The largest absolute Gasteiger partial charge is 0.480 e. The number of nitrogens with one attached hydrogen (secondary N) is 4. The van der Waals surface area contributed by atoms with Gasteiger partial charge in [0.2, 0.25) is 11.8 Å². The zero-order valence-corrected chi connectivity index (χ0v) is 18.2. The van der Waals surface area contributed by atoms with Crippen LogP contribution in [-0.4, -0.2) is 81.5 Å². The van der Waals surface area contributed by atoms with Crippen LogP contribution in [0.1, 0.15) is 34.6 Å². The number of aromatic carboxylic acids is 1. The summed E-state index contributed by atoms with van der Waals surface area (Å²) in [5.41, 5.74) is 13.0. The molecule has 180 valence electrons. The quantitative estimate of drug-likeness (QED) is 0.108. The molecule has 13 nitrogen and oxygen atoms in total. The topological polar surface area (TPSA) is 228 Å². The van der Waals surface area contributed by atoms with Gasteiger partial charge in [0.05, 0.1) is 11.6 Å². The summed E-state index contributed by atoms with van der Waals surface area (Å²) in [6, 6.07) is -0.775. The van der Waals surface area contributed by atoms with Gasteiger partial charge in [0, 0.05) is 43.9 Å². The second-order valence-corrected chi connectivity index (χ2v) is 7.78. The maximum atomic E-state index is 12.2. The summed E-state index contributed by atoms with van der Waals surface area (Å²) in [7, 11) is 0. The maximum Gasteiger partial charge on any atom is 0.337 e. The number of hydrogen-bond acceptors (Lipinski definition) is 6. The van der Waals surface area contributed by atoms with Gasteiger partial charge < -0.3 is 42.2 Å². The molecular weight excluding hydrogens is 434 g/mol. The van der Waals surface area contributed by atoms with Gasteiger partial charge in [0.25, 0.3) is 0 Å². The van der Waals surface area contributed by atoms with Crippen LogP contribution in [0.4, 0.5) is 0 Å². The fourth-order valence-corrected chi connectivity index (χ4v) is 3.40. The van der Waals surface area contributed by atoms with E-state index >= 15 is 0 Å². The number of aryl methyl sites for hydroxylation is 1. The highest BCUT2D eigenvalue weighted by Crippen LogP contribution is 2.14. The van der Waals surface area contributed by atoms with E-state index in [1.54, 1.807) is 11.8 Å². The highest BCUT2D eigenvalue weighted by atomic mass is 16.4. The fourth-order valence-electron chi connectivity index (χ4n) is 3.40. The van der Waals surface area contributed by atoms with Crippen molar-refractivity contribution in [1.82, 2.24) is 20.5 Å². The molecule has 0 saturated carbocycles. The zero-order valence-electron chi connectivity index (χ0n) is 18.2. The molecule has 2 amide bonds. The number of carbonyl (C=O) groups excluding carboxylic acids is 2. The van der Waals surface area contributed by atoms with Gasteiger partial charge in [-0.1, -0.05) is 11.6 Å². The van der Waals surface area contributed by atoms with E-state index in [0.717, 1.165) is 5.57 Å². The van der Waals surface area contributed by atoms with Gasteiger partial charge in [-0.15, -0.1) is 0 Å². The van der Waals surface area contributed by atoms with Crippen LogP contribution in [0.3, 0.4) is 0 Å². The Morgan fingerprint density at radius 2 is 1.97 bits per heavy atom. The predicted molar refractivity (Wildman–Crippen MR) is 118 cm³/mol. The number of carboxylic acids is 2. The Bertz CT molecular complexity index is 970. The Hall–Kier alpha value is -3.87. The minimum absolute atomic E-state index is 0.0295. The van der Waals surface area contributed by atoms with Gasteiger partial charge in [-0.3, -0.25) is 15.0 Å². The SMILES string of the molecule is Cc1[nH]c(CC(NC(=O)CCNC(=O)C(N)CC2=CCN(C(=N)N)C2)C(=O)O)cc1C(=O)O. The van der Waals surface area contributed by atoms with Crippen LogP contribution in [-0.2, 0) is 20.8 Å². The second-order valence-electron chi connectivity index (χ2n) is 7.78. The molecule has 10 N–H and O–H groups in total. The number of amides is 2. The van der Waals surface area contributed by atoms with E-state index in [0.29, 0.717) is 24.5 Å². The smallest absolute Gasteiger partial charge is 0.337 e. The molecule has 0 saturated heterocycles. The summed E-state index contributed by atoms with van der Waals surface area (Å²) in [4.78, 5) is 51.4. The van der Waals surface area contributed by atoms with E-state index in [9.17, 15) is 24.3 Å². The van der Waals surface area contributed by atoms with Crippen molar-refractivity contribution < 1.29 is 29.4 Å². The van der Waals surface area contributed by atoms with Crippen molar-refractivity contribution in [2.75, 3.05) is 19.6 Å². The lowest BCUT2D eigenvalue weighted by molar-refractivity contribution is -0.141. The first-order chi connectivity index (χ1) is 15.5. The Morgan fingerprint density at radius 3 is 2.52 bits per heavy atom. The number of aliphatic carboxylic acids is 1. The van der Waals surface area contributed by atoms with Gasteiger partial charge in [0.1, 0.15) is 6.04 Å². The molecule has 0 radical (unpaired) electrons. The molecule has 0 aliphatic carbocycles. The molecule has 13 heteroatoms. The lowest BCUT2D eigenvalue weighted by Gasteiger charge is -2.17. The molecule has 2 unspecified atom stereocenters. The van der Waals surface area contributed by atoms with Crippen LogP contribution in [0.2, 0.25) is 0 Å². The average Bonchev–Trinajstić information content (AvgIpc) is 3.33. The van der Waals surface area contributed by atoms with Crippen LogP contribution in [0.15, 0.2) is 17.7 Å². The molecule has 33 heavy (non-hydrogen) atoms. The van der Waals surface area contributed by atoms with Crippen molar-refractivity contribution in [1.29, 1.82) is 5.41 Å². The Morgan fingerprint density at radius 1 is 1.27 bits per heavy atom. The highest BCUT2D eigenvalue weighted by Gasteiger charge is 2.24. The van der Waals surface area contributed by atoms with Crippen molar-refractivity contribution in [2.45, 2.75) is 38.3 Å². The molecule has 1 aromatic rings. The normalized spacial score (nSPS) is 14.8. The van der Waals surface area contributed by atoms with Crippen LogP contribution < -0.4 is 22.1 Å². The Balaban J connectivity index is 1.77. The first kappa shape index (κ1) is 25.4. The van der Waals surface area contributed by atoms with Crippen molar-refractivity contribution >= 4 is 29.7 Å². The minimum atomic E-state index is -1.28. The Kier molecular flexibility index (Phi) is 8.56. The fraction of sp³-hybridized carbons (Fsp3) is 0.450. The molecule has 0 fully saturated rings. The Labute approximate surface area is 189 Å². The minimum Gasteiger partial charge on any atom is -0.480 e. The first-order valence-electron chi connectivity index (χ1n) is 10.2. The number of nitrogens with zero attached hydrogens (tertiary/aromatic N) is 1. The van der Waals surface area contributed by atoms with E-state index < -0.39 is 35.8 Å². The summed E-state index contributed by atoms with van der Waals surface area (Å²) in [6.07, 6.45) is 1.86. The molecule has 0 aromatic carbocycles. The monoisotopic (exact) mass is 463 g/mol. The molecule has 1 aliphatic rings. The summed E-state index contributed by atoms with van der Waals surface area (Å²) < 4.78 is 0. The highest BCUT2D eigenvalue weighted by molar-refractivity contribution is 5.89. The van der Waals surface area contributed by atoms with Gasteiger partial charge in [-0.25, -0.2) is 9.59 Å². The number of aromatic nitrogens is 1. The molecule has 2 rings (SSSR count). The molecule has 1 aliphatic heterocycles. The van der Waals surface area contributed by atoms with E-state index in [2.05, 4.69) is 15.6 Å². The number of hydrogen-bond donors (Lipinski definition) is 8. The van der Waals surface area contributed by atoms with E-state index in [1.807, 2.05) is 6.08 Å². The molecule has 0 spiro atoms. The predicted octanol–water partition coefficient (Wildman–Crippen LogP) is -1.51. The van der Waals surface area contributed by atoms with Crippen LogP contribution in [0.5, 0.6) is 0 Å².